The van der Waals surface area contributed by atoms with E-state index in [0.717, 1.165) is 42.1 Å². The molecule has 0 atom stereocenters. The summed E-state index contributed by atoms with van der Waals surface area (Å²) in [5.41, 5.74) is 1.66. The number of unbranched alkanes of at least 4 members (excludes halogenated alkanes) is 14. The number of benzene rings is 2. The molecule has 2 aromatic rings. The van der Waals surface area contributed by atoms with Crippen LogP contribution in [0, 0.1) is 0 Å². The van der Waals surface area contributed by atoms with Gasteiger partial charge in [0.1, 0.15) is 0 Å². The van der Waals surface area contributed by atoms with E-state index in [-0.39, 0.29) is 5.78 Å². The first kappa shape index (κ1) is 36.0. The van der Waals surface area contributed by atoms with Crippen LogP contribution in [0.2, 0.25) is 0 Å². The van der Waals surface area contributed by atoms with Crippen molar-refractivity contribution in [2.45, 2.75) is 135 Å². The number of ketones is 1. The number of carbonyl (C=O) groups is 1. The van der Waals surface area contributed by atoms with Crippen LogP contribution < -0.4 is 9.47 Å². The number of thioether (sulfide) groups is 1. The van der Waals surface area contributed by atoms with Crippen LogP contribution in [0.15, 0.2) is 53.4 Å². The molecule has 234 valence electrons. The molecule has 0 aliphatic rings. The second-order valence-electron chi connectivity index (χ2n) is 11.4. The van der Waals surface area contributed by atoms with E-state index in [9.17, 15) is 4.79 Å². The van der Waals surface area contributed by atoms with Gasteiger partial charge in [0.25, 0.3) is 0 Å². The molecule has 4 heteroatoms. The Balaban J connectivity index is 1.90. The van der Waals surface area contributed by atoms with Crippen molar-refractivity contribution in [3.8, 4) is 11.5 Å². The highest BCUT2D eigenvalue weighted by Gasteiger charge is 2.08. The molecule has 0 bridgehead atoms. The van der Waals surface area contributed by atoms with E-state index in [1.165, 1.54) is 94.8 Å². The number of hydrogen-bond acceptors (Lipinski definition) is 4. The minimum atomic E-state index is 0.0125. The van der Waals surface area contributed by atoms with Crippen molar-refractivity contribution in [3.05, 3.63) is 59.7 Å². The third-order valence-corrected chi connectivity index (χ3v) is 8.74. The van der Waals surface area contributed by atoms with Crippen LogP contribution in [-0.4, -0.2) is 24.7 Å². The normalized spacial score (nSPS) is 11.3. The lowest BCUT2D eigenvalue weighted by atomic mass is 10.1. The van der Waals surface area contributed by atoms with E-state index in [4.69, 9.17) is 9.47 Å². The average Bonchev–Trinajstić information content (AvgIpc) is 3.02. The fourth-order valence-electron chi connectivity index (χ4n) is 4.90. The average molecular weight is 595 g/mol. The van der Waals surface area contributed by atoms with Gasteiger partial charge in [-0.3, -0.25) is 4.79 Å². The Hall–Kier alpha value is -2.20. The molecule has 3 nitrogen and oxygen atoms in total. The van der Waals surface area contributed by atoms with Crippen molar-refractivity contribution < 1.29 is 14.3 Å². The molecule has 2 aromatic carbocycles. The largest absolute Gasteiger partial charge is 0.490 e. The fraction of sp³-hybridized carbons (Fsp3) is 0.605. The van der Waals surface area contributed by atoms with E-state index in [1.807, 2.05) is 60.3 Å². The molecule has 0 saturated carbocycles. The van der Waals surface area contributed by atoms with Crippen molar-refractivity contribution in [2.24, 2.45) is 0 Å². The molecular formula is C38H58O3S. The van der Waals surface area contributed by atoms with Crippen LogP contribution in [0.3, 0.4) is 0 Å². The molecule has 42 heavy (non-hydrogen) atoms. The maximum atomic E-state index is 12.8. The molecule has 0 unspecified atom stereocenters. The molecule has 0 aliphatic heterocycles. The number of hydrogen-bond donors (Lipinski definition) is 0. The Kier molecular flexibility index (Phi) is 20.8. The lowest BCUT2D eigenvalue weighted by Crippen LogP contribution is -2.03. The lowest BCUT2D eigenvalue weighted by molar-refractivity contribution is 0.104. The van der Waals surface area contributed by atoms with Crippen molar-refractivity contribution >= 4 is 23.6 Å². The Labute approximate surface area is 262 Å². The lowest BCUT2D eigenvalue weighted by Gasteiger charge is -2.14. The highest BCUT2D eigenvalue weighted by Crippen LogP contribution is 2.30. The molecule has 0 N–H and O–H groups in total. The monoisotopic (exact) mass is 594 g/mol. The van der Waals surface area contributed by atoms with E-state index in [0.29, 0.717) is 18.8 Å². The summed E-state index contributed by atoms with van der Waals surface area (Å²) in [6.07, 6.45) is 25.2. The third kappa shape index (κ3) is 16.4. The first-order valence-electron chi connectivity index (χ1n) is 17.0. The van der Waals surface area contributed by atoms with Crippen molar-refractivity contribution in [2.75, 3.05) is 19.0 Å². The van der Waals surface area contributed by atoms with E-state index in [2.05, 4.69) is 20.8 Å². The van der Waals surface area contributed by atoms with Gasteiger partial charge < -0.3 is 9.47 Å². The van der Waals surface area contributed by atoms with Crippen LogP contribution in [-0.2, 0) is 0 Å². The zero-order valence-corrected chi connectivity index (χ0v) is 27.8. The molecule has 0 aliphatic carbocycles. The molecule has 0 saturated heterocycles. The second-order valence-corrected chi connectivity index (χ2v) is 12.6. The summed E-state index contributed by atoms with van der Waals surface area (Å²) in [5, 5.41) is 0. The van der Waals surface area contributed by atoms with E-state index in [1.54, 1.807) is 6.08 Å². The van der Waals surface area contributed by atoms with Crippen LogP contribution in [0.1, 0.15) is 146 Å². The summed E-state index contributed by atoms with van der Waals surface area (Å²) in [7, 11) is 0. The second kappa shape index (κ2) is 24.3. The molecular weight excluding hydrogens is 536 g/mol. The first-order valence-corrected chi connectivity index (χ1v) is 18.0. The van der Waals surface area contributed by atoms with Gasteiger partial charge in [0, 0.05) is 10.5 Å². The Morgan fingerprint density at radius 3 is 1.69 bits per heavy atom. The number of allylic oxidation sites excluding steroid dienone is 1. The maximum absolute atomic E-state index is 12.8. The van der Waals surface area contributed by atoms with Gasteiger partial charge in [-0.2, -0.15) is 0 Å². The summed E-state index contributed by atoms with van der Waals surface area (Å²) < 4.78 is 12.4. The summed E-state index contributed by atoms with van der Waals surface area (Å²) in [5.74, 6) is 2.69. The van der Waals surface area contributed by atoms with Crippen LogP contribution in [0.5, 0.6) is 11.5 Å². The van der Waals surface area contributed by atoms with Gasteiger partial charge in [-0.1, -0.05) is 123 Å². The van der Waals surface area contributed by atoms with Crippen molar-refractivity contribution in [3.63, 3.8) is 0 Å². The molecule has 0 heterocycles. The van der Waals surface area contributed by atoms with E-state index < -0.39 is 0 Å². The number of ether oxygens (including phenoxy) is 2. The topological polar surface area (TPSA) is 35.5 Å². The SMILES string of the molecule is CCCCCCCCCCOc1ccc(C=CC(=O)c2ccc(SCCC)cc2)cc1OCCCCCCCCCC. The molecule has 0 aromatic heterocycles. The predicted octanol–water partition coefficient (Wildman–Crippen LogP) is 12.1. The highest BCUT2D eigenvalue weighted by atomic mass is 32.2. The van der Waals surface area contributed by atoms with Gasteiger partial charge in [-0.05, 0) is 73.1 Å². The zero-order chi connectivity index (χ0) is 30.1. The van der Waals surface area contributed by atoms with Crippen LogP contribution in [0.4, 0.5) is 0 Å². The first-order chi connectivity index (χ1) is 20.7. The number of carbonyl (C=O) groups excluding carboxylic acids is 1. The number of rotatable bonds is 26. The Bertz CT molecular complexity index is 982. The zero-order valence-electron chi connectivity index (χ0n) is 27.0. The summed E-state index contributed by atoms with van der Waals surface area (Å²) in [6.45, 7) is 8.11. The Morgan fingerprint density at radius 1 is 0.619 bits per heavy atom. The van der Waals surface area contributed by atoms with Gasteiger partial charge in [0.15, 0.2) is 17.3 Å². The van der Waals surface area contributed by atoms with Crippen molar-refractivity contribution in [1.29, 1.82) is 0 Å². The molecule has 0 amide bonds. The van der Waals surface area contributed by atoms with Crippen LogP contribution >= 0.6 is 11.8 Å². The highest BCUT2D eigenvalue weighted by molar-refractivity contribution is 7.99. The fourth-order valence-corrected chi connectivity index (χ4v) is 5.67. The maximum Gasteiger partial charge on any atom is 0.185 e. The minimum Gasteiger partial charge on any atom is -0.490 e. The summed E-state index contributed by atoms with van der Waals surface area (Å²) in [6, 6.07) is 13.9. The standard InChI is InChI=1S/C38H58O3S/c1-4-7-9-11-13-15-17-19-29-40-37-28-22-33(32-38(37)41-30-20-18-16-14-12-10-8-5-2)21-27-36(39)34-23-25-35(26-24-34)42-31-6-3/h21-28,32H,4-20,29-31H2,1-3H3. The van der Waals surface area contributed by atoms with Gasteiger partial charge in [-0.25, -0.2) is 0 Å². The smallest absolute Gasteiger partial charge is 0.185 e. The quantitative estimate of drug-likeness (QED) is 0.0470. The molecule has 2 rings (SSSR count). The summed E-state index contributed by atoms with van der Waals surface area (Å²) >= 11 is 1.83. The van der Waals surface area contributed by atoms with Gasteiger partial charge in [-0.15, -0.1) is 11.8 Å². The third-order valence-electron chi connectivity index (χ3n) is 7.52. The van der Waals surface area contributed by atoms with Crippen molar-refractivity contribution in [1.82, 2.24) is 0 Å². The van der Waals surface area contributed by atoms with Crippen LogP contribution in [0.25, 0.3) is 6.08 Å². The van der Waals surface area contributed by atoms with Gasteiger partial charge in [0.2, 0.25) is 0 Å². The molecule has 0 spiro atoms. The van der Waals surface area contributed by atoms with Gasteiger partial charge in [0.05, 0.1) is 13.2 Å². The molecule has 0 fully saturated rings. The Morgan fingerprint density at radius 2 is 1.14 bits per heavy atom. The summed E-state index contributed by atoms with van der Waals surface area (Å²) in [4.78, 5) is 14.0. The van der Waals surface area contributed by atoms with Gasteiger partial charge >= 0.3 is 0 Å². The molecule has 0 radical (unpaired) electrons. The van der Waals surface area contributed by atoms with E-state index >= 15 is 0 Å². The minimum absolute atomic E-state index is 0.0125. The predicted molar refractivity (Wildman–Crippen MR) is 183 cm³/mol.